The first-order valence-corrected chi connectivity index (χ1v) is 7.48. The fourth-order valence-corrected chi connectivity index (χ4v) is 2.60. The first-order valence-electron chi connectivity index (χ1n) is 7.10. The maximum absolute atomic E-state index is 12.3. The highest BCUT2D eigenvalue weighted by atomic mass is 35.5. The summed E-state index contributed by atoms with van der Waals surface area (Å²) in [6.45, 7) is 1.99. The van der Waals surface area contributed by atoms with E-state index in [0.717, 1.165) is 11.6 Å². The predicted molar refractivity (Wildman–Crippen MR) is 86.6 cm³/mol. The Hall–Kier alpha value is -2.80. The molecule has 0 fully saturated rings. The first kappa shape index (κ1) is 16.1. The fourth-order valence-electron chi connectivity index (χ4n) is 2.34. The van der Waals surface area contributed by atoms with Crippen LogP contribution in [0.4, 0.5) is 5.69 Å². The lowest BCUT2D eigenvalue weighted by Crippen LogP contribution is -2.26. The number of nitro benzene ring substituents is 1. The Bertz CT molecular complexity index is 824. The molecule has 1 atom stereocenters. The van der Waals surface area contributed by atoms with Gasteiger partial charge in [0.15, 0.2) is 11.5 Å². The van der Waals surface area contributed by atoms with Gasteiger partial charge in [0.2, 0.25) is 6.79 Å². The molecule has 3 rings (SSSR count). The summed E-state index contributed by atoms with van der Waals surface area (Å²) >= 11 is 5.97. The van der Waals surface area contributed by atoms with Crippen LogP contribution < -0.4 is 14.8 Å². The van der Waals surface area contributed by atoms with Crippen LogP contribution in [0.25, 0.3) is 0 Å². The summed E-state index contributed by atoms with van der Waals surface area (Å²) in [7, 11) is 0. The van der Waals surface area contributed by atoms with Crippen molar-refractivity contribution in [3.8, 4) is 11.5 Å². The van der Waals surface area contributed by atoms with E-state index in [1.54, 1.807) is 12.1 Å². The second-order valence-corrected chi connectivity index (χ2v) is 5.64. The van der Waals surface area contributed by atoms with E-state index in [-0.39, 0.29) is 29.1 Å². The number of carbonyl (C=O) groups excluding carboxylic acids is 1. The molecule has 2 aromatic rings. The molecular weight excluding hydrogens is 336 g/mol. The van der Waals surface area contributed by atoms with Crippen molar-refractivity contribution < 1.29 is 19.2 Å². The van der Waals surface area contributed by atoms with Crippen molar-refractivity contribution >= 4 is 23.2 Å². The third kappa shape index (κ3) is 3.11. The summed E-state index contributed by atoms with van der Waals surface area (Å²) in [5.41, 5.74) is 0.848. The Kier molecular flexibility index (Phi) is 4.26. The summed E-state index contributed by atoms with van der Waals surface area (Å²) < 4.78 is 10.6. The van der Waals surface area contributed by atoms with Crippen LogP contribution in [-0.2, 0) is 0 Å². The second kappa shape index (κ2) is 6.37. The molecule has 124 valence electrons. The SMILES string of the molecule is CC(NC(=O)c1ccc([N+](=O)[O-])cc1Cl)c1ccc2c(c1)OCO2. The minimum Gasteiger partial charge on any atom is -0.454 e. The molecule has 7 nitrogen and oxygen atoms in total. The molecular formula is C16H13ClN2O5. The molecule has 0 spiro atoms. The molecule has 1 aliphatic heterocycles. The van der Waals surface area contributed by atoms with Crippen LogP contribution in [0.15, 0.2) is 36.4 Å². The highest BCUT2D eigenvalue weighted by Crippen LogP contribution is 2.34. The molecule has 0 radical (unpaired) electrons. The van der Waals surface area contributed by atoms with Gasteiger partial charge < -0.3 is 14.8 Å². The number of nitrogens with zero attached hydrogens (tertiary/aromatic N) is 1. The maximum atomic E-state index is 12.3. The molecule has 2 aromatic carbocycles. The Morgan fingerprint density at radius 1 is 1.25 bits per heavy atom. The number of nitrogens with one attached hydrogen (secondary N) is 1. The third-order valence-electron chi connectivity index (χ3n) is 3.65. The molecule has 0 saturated carbocycles. The van der Waals surface area contributed by atoms with Crippen molar-refractivity contribution in [3.05, 3.63) is 62.7 Å². The zero-order chi connectivity index (χ0) is 17.3. The summed E-state index contributed by atoms with van der Waals surface area (Å²) in [6.07, 6.45) is 0. The molecule has 0 aromatic heterocycles. The molecule has 1 heterocycles. The molecule has 0 aliphatic carbocycles. The van der Waals surface area contributed by atoms with Gasteiger partial charge in [-0.3, -0.25) is 14.9 Å². The fraction of sp³-hybridized carbons (Fsp3) is 0.188. The van der Waals surface area contributed by atoms with E-state index in [0.29, 0.717) is 11.5 Å². The largest absolute Gasteiger partial charge is 0.454 e. The van der Waals surface area contributed by atoms with Crippen molar-refractivity contribution in [2.24, 2.45) is 0 Å². The number of fused-ring (bicyclic) bond motifs is 1. The van der Waals surface area contributed by atoms with Crippen LogP contribution in [-0.4, -0.2) is 17.6 Å². The average Bonchev–Trinajstić information content (AvgIpc) is 3.01. The summed E-state index contributed by atoms with van der Waals surface area (Å²) in [6, 6.07) is 8.83. The van der Waals surface area contributed by atoms with Gasteiger partial charge in [-0.1, -0.05) is 17.7 Å². The molecule has 24 heavy (non-hydrogen) atoms. The molecule has 1 amide bonds. The van der Waals surface area contributed by atoms with Gasteiger partial charge >= 0.3 is 0 Å². The predicted octanol–water partition coefficient (Wildman–Crippen LogP) is 3.47. The van der Waals surface area contributed by atoms with Gasteiger partial charge in [0, 0.05) is 12.1 Å². The molecule has 1 unspecified atom stereocenters. The van der Waals surface area contributed by atoms with Crippen LogP contribution >= 0.6 is 11.6 Å². The van der Waals surface area contributed by atoms with Crippen LogP contribution in [0.3, 0.4) is 0 Å². The number of carbonyl (C=O) groups is 1. The summed E-state index contributed by atoms with van der Waals surface area (Å²) in [4.78, 5) is 22.5. The number of nitro groups is 1. The van der Waals surface area contributed by atoms with E-state index < -0.39 is 10.8 Å². The van der Waals surface area contributed by atoms with Crippen LogP contribution in [0.2, 0.25) is 5.02 Å². The van der Waals surface area contributed by atoms with Gasteiger partial charge in [-0.05, 0) is 30.7 Å². The number of benzene rings is 2. The monoisotopic (exact) mass is 348 g/mol. The number of non-ortho nitro benzene ring substituents is 1. The van der Waals surface area contributed by atoms with E-state index in [1.807, 2.05) is 13.0 Å². The molecule has 1 N–H and O–H groups in total. The zero-order valence-electron chi connectivity index (χ0n) is 12.6. The highest BCUT2D eigenvalue weighted by molar-refractivity contribution is 6.34. The summed E-state index contributed by atoms with van der Waals surface area (Å²) in [5.74, 6) is 0.873. The van der Waals surface area contributed by atoms with E-state index in [2.05, 4.69) is 5.32 Å². The van der Waals surface area contributed by atoms with Gasteiger partial charge in [0.05, 0.1) is 21.6 Å². The van der Waals surface area contributed by atoms with Crippen molar-refractivity contribution in [3.63, 3.8) is 0 Å². The minimum atomic E-state index is -0.567. The Balaban J connectivity index is 1.75. The normalized spacial score (nSPS) is 13.4. The Morgan fingerprint density at radius 2 is 2.00 bits per heavy atom. The van der Waals surface area contributed by atoms with Crippen molar-refractivity contribution in [1.29, 1.82) is 0 Å². The number of hydrogen-bond donors (Lipinski definition) is 1. The highest BCUT2D eigenvalue weighted by Gasteiger charge is 2.19. The molecule has 0 saturated heterocycles. The van der Waals surface area contributed by atoms with Crippen molar-refractivity contribution in [2.45, 2.75) is 13.0 Å². The van der Waals surface area contributed by atoms with Crippen molar-refractivity contribution in [2.75, 3.05) is 6.79 Å². The lowest BCUT2D eigenvalue weighted by molar-refractivity contribution is -0.384. The van der Waals surface area contributed by atoms with E-state index >= 15 is 0 Å². The van der Waals surface area contributed by atoms with Gasteiger partial charge in [-0.2, -0.15) is 0 Å². The van der Waals surface area contributed by atoms with Crippen LogP contribution in [0.5, 0.6) is 11.5 Å². The molecule has 8 heteroatoms. The second-order valence-electron chi connectivity index (χ2n) is 5.23. The standard InChI is InChI=1S/C16H13ClN2O5/c1-9(10-2-5-14-15(6-10)24-8-23-14)18-16(20)12-4-3-11(19(21)22)7-13(12)17/h2-7,9H,8H2,1H3,(H,18,20). The van der Waals surface area contributed by atoms with E-state index in [4.69, 9.17) is 21.1 Å². The van der Waals surface area contributed by atoms with Gasteiger partial charge in [-0.25, -0.2) is 0 Å². The van der Waals surface area contributed by atoms with E-state index in [9.17, 15) is 14.9 Å². The van der Waals surface area contributed by atoms with Gasteiger partial charge in [-0.15, -0.1) is 0 Å². The Labute approximate surface area is 142 Å². The average molecular weight is 349 g/mol. The third-order valence-corrected chi connectivity index (χ3v) is 3.97. The molecule has 0 bridgehead atoms. The van der Waals surface area contributed by atoms with Gasteiger partial charge in [0.25, 0.3) is 11.6 Å². The van der Waals surface area contributed by atoms with Crippen molar-refractivity contribution in [1.82, 2.24) is 5.32 Å². The number of hydrogen-bond acceptors (Lipinski definition) is 5. The minimum absolute atomic E-state index is 0.0274. The Morgan fingerprint density at radius 3 is 2.71 bits per heavy atom. The maximum Gasteiger partial charge on any atom is 0.270 e. The van der Waals surface area contributed by atoms with Crippen LogP contribution in [0, 0.1) is 10.1 Å². The molecule has 1 aliphatic rings. The van der Waals surface area contributed by atoms with Crippen LogP contribution in [0.1, 0.15) is 28.9 Å². The topological polar surface area (TPSA) is 90.7 Å². The number of halogens is 1. The first-order chi connectivity index (χ1) is 11.5. The lowest BCUT2D eigenvalue weighted by Gasteiger charge is -2.15. The zero-order valence-corrected chi connectivity index (χ0v) is 13.4. The quantitative estimate of drug-likeness (QED) is 0.674. The number of ether oxygens (including phenoxy) is 2. The lowest BCUT2D eigenvalue weighted by atomic mass is 10.1. The smallest absolute Gasteiger partial charge is 0.270 e. The van der Waals surface area contributed by atoms with Gasteiger partial charge in [0.1, 0.15) is 0 Å². The summed E-state index contributed by atoms with van der Waals surface area (Å²) in [5, 5.41) is 13.5. The van der Waals surface area contributed by atoms with E-state index in [1.165, 1.54) is 12.1 Å². The number of rotatable bonds is 4. The number of amides is 1.